The fourth-order valence-electron chi connectivity index (χ4n) is 2.16. The molecular formula is C17H18BrNO4S. The predicted molar refractivity (Wildman–Crippen MR) is 96.0 cm³/mol. The zero-order valence-electron chi connectivity index (χ0n) is 13.1. The molecule has 1 amide bonds. The van der Waals surface area contributed by atoms with Gasteiger partial charge in [0, 0.05) is 17.3 Å². The van der Waals surface area contributed by atoms with Gasteiger partial charge in [0.15, 0.2) is 9.84 Å². The fraction of sp³-hybridized carbons (Fsp3) is 0.235. The first-order valence-corrected chi connectivity index (χ1v) is 10.0. The maximum atomic E-state index is 12.2. The van der Waals surface area contributed by atoms with Crippen LogP contribution in [0.4, 0.5) is 0 Å². The van der Waals surface area contributed by atoms with Gasteiger partial charge < -0.3 is 10.4 Å². The van der Waals surface area contributed by atoms with Crippen molar-refractivity contribution >= 4 is 31.7 Å². The number of amides is 1. The van der Waals surface area contributed by atoms with Gasteiger partial charge in [0.1, 0.15) is 5.75 Å². The molecule has 24 heavy (non-hydrogen) atoms. The smallest absolute Gasteiger partial charge is 0.252 e. The van der Waals surface area contributed by atoms with E-state index in [1.54, 1.807) is 18.2 Å². The Labute approximate surface area is 149 Å². The highest BCUT2D eigenvalue weighted by Crippen LogP contribution is 2.21. The average molecular weight is 412 g/mol. The summed E-state index contributed by atoms with van der Waals surface area (Å²) in [6, 6.07) is 11.3. The number of aromatic hydroxyl groups is 1. The van der Waals surface area contributed by atoms with Crippen molar-refractivity contribution in [1.29, 1.82) is 0 Å². The van der Waals surface area contributed by atoms with Crippen LogP contribution in [0.1, 0.15) is 22.3 Å². The number of hydrogen-bond donors (Lipinski definition) is 2. The molecule has 0 radical (unpaired) electrons. The highest BCUT2D eigenvalue weighted by molar-refractivity contribution is 9.10. The summed E-state index contributed by atoms with van der Waals surface area (Å²) >= 11 is 3.27. The number of hydrogen-bond acceptors (Lipinski definition) is 4. The van der Waals surface area contributed by atoms with Crippen LogP contribution in [0, 0.1) is 0 Å². The molecule has 2 aromatic carbocycles. The number of carbonyl (C=O) groups excluding carboxylic acids is 1. The van der Waals surface area contributed by atoms with Gasteiger partial charge in [-0.1, -0.05) is 12.1 Å². The lowest BCUT2D eigenvalue weighted by molar-refractivity contribution is 0.0952. The highest BCUT2D eigenvalue weighted by Gasteiger charge is 2.14. The van der Waals surface area contributed by atoms with Gasteiger partial charge >= 0.3 is 0 Å². The van der Waals surface area contributed by atoms with E-state index >= 15 is 0 Å². The molecule has 0 saturated carbocycles. The molecule has 0 aliphatic rings. The summed E-state index contributed by atoms with van der Waals surface area (Å²) < 4.78 is 23.7. The Morgan fingerprint density at radius 3 is 2.46 bits per heavy atom. The van der Waals surface area contributed by atoms with Crippen LogP contribution in [-0.4, -0.2) is 32.2 Å². The third-order valence-corrected chi connectivity index (χ3v) is 5.28. The van der Waals surface area contributed by atoms with Gasteiger partial charge in [0.05, 0.1) is 10.5 Å². The first kappa shape index (κ1) is 18.5. The van der Waals surface area contributed by atoms with Crippen molar-refractivity contribution in [3.8, 4) is 5.75 Å². The number of halogens is 1. The maximum absolute atomic E-state index is 12.2. The van der Waals surface area contributed by atoms with Crippen LogP contribution in [0.2, 0.25) is 0 Å². The molecule has 7 heteroatoms. The van der Waals surface area contributed by atoms with Crippen molar-refractivity contribution in [1.82, 2.24) is 5.32 Å². The van der Waals surface area contributed by atoms with Gasteiger partial charge in [-0.15, -0.1) is 0 Å². The lowest BCUT2D eigenvalue weighted by Crippen LogP contribution is -2.25. The molecule has 0 spiro atoms. The Hall–Kier alpha value is -1.86. The van der Waals surface area contributed by atoms with E-state index in [0.717, 1.165) is 24.7 Å². The third-order valence-electron chi connectivity index (χ3n) is 3.47. The summed E-state index contributed by atoms with van der Waals surface area (Å²) in [7, 11) is -3.36. The maximum Gasteiger partial charge on any atom is 0.252 e. The standard InChI is InChI=1S/C17H18BrNO4S/c1-24(22,23)14-8-9-16(18)15(11-14)17(21)19-10-2-3-12-4-6-13(20)7-5-12/h4-9,11,20H,2-3,10H2,1H3,(H,19,21). The van der Waals surface area contributed by atoms with E-state index in [0.29, 0.717) is 16.6 Å². The molecule has 2 rings (SSSR count). The first-order chi connectivity index (χ1) is 11.3. The number of rotatable bonds is 6. The molecule has 5 nitrogen and oxygen atoms in total. The van der Waals surface area contributed by atoms with Gasteiger partial charge in [-0.05, 0) is 64.7 Å². The summed E-state index contributed by atoms with van der Waals surface area (Å²) in [6.45, 7) is 0.468. The van der Waals surface area contributed by atoms with E-state index in [2.05, 4.69) is 21.2 Å². The first-order valence-electron chi connectivity index (χ1n) is 7.33. The Kier molecular flexibility index (Phi) is 6.01. The minimum atomic E-state index is -3.36. The number of phenolic OH excluding ortho intramolecular Hbond substituents is 1. The van der Waals surface area contributed by atoms with Crippen LogP contribution < -0.4 is 5.32 Å². The van der Waals surface area contributed by atoms with E-state index in [4.69, 9.17) is 0 Å². The molecule has 0 aliphatic carbocycles. The lowest BCUT2D eigenvalue weighted by atomic mass is 10.1. The molecule has 2 aromatic rings. The van der Waals surface area contributed by atoms with Gasteiger partial charge in [-0.3, -0.25) is 4.79 Å². The van der Waals surface area contributed by atoms with Crippen LogP contribution in [0.25, 0.3) is 0 Å². The molecule has 0 saturated heterocycles. The summed E-state index contributed by atoms with van der Waals surface area (Å²) in [6.07, 6.45) is 2.61. The summed E-state index contributed by atoms with van der Waals surface area (Å²) in [5.74, 6) is -0.0965. The summed E-state index contributed by atoms with van der Waals surface area (Å²) in [5, 5.41) is 12.0. The minimum absolute atomic E-state index is 0.111. The number of phenols is 1. The fourth-order valence-corrected chi connectivity index (χ4v) is 3.24. The SMILES string of the molecule is CS(=O)(=O)c1ccc(Br)c(C(=O)NCCCc2ccc(O)cc2)c1. The minimum Gasteiger partial charge on any atom is -0.508 e. The molecule has 0 atom stereocenters. The van der Waals surface area contributed by atoms with Crippen molar-refractivity contribution in [2.45, 2.75) is 17.7 Å². The van der Waals surface area contributed by atoms with E-state index in [-0.39, 0.29) is 16.6 Å². The molecule has 0 bridgehead atoms. The molecule has 0 unspecified atom stereocenters. The second-order valence-corrected chi connectivity index (χ2v) is 8.31. The highest BCUT2D eigenvalue weighted by atomic mass is 79.9. The summed E-state index contributed by atoms with van der Waals surface area (Å²) in [4.78, 5) is 12.3. The van der Waals surface area contributed by atoms with Crippen molar-refractivity contribution < 1.29 is 18.3 Å². The van der Waals surface area contributed by atoms with Gasteiger partial charge in [-0.2, -0.15) is 0 Å². The average Bonchev–Trinajstić information content (AvgIpc) is 2.52. The Balaban J connectivity index is 1.94. The van der Waals surface area contributed by atoms with Crippen molar-refractivity contribution in [2.24, 2.45) is 0 Å². The van der Waals surface area contributed by atoms with Crippen molar-refractivity contribution in [3.63, 3.8) is 0 Å². The van der Waals surface area contributed by atoms with Crippen LogP contribution in [0.5, 0.6) is 5.75 Å². The normalized spacial score (nSPS) is 11.2. The van der Waals surface area contributed by atoms with Gasteiger partial charge in [0.2, 0.25) is 0 Å². The zero-order chi connectivity index (χ0) is 17.7. The quantitative estimate of drug-likeness (QED) is 0.715. The van der Waals surface area contributed by atoms with E-state index in [1.165, 1.54) is 12.1 Å². The monoisotopic (exact) mass is 411 g/mol. The Bertz CT molecular complexity index is 832. The second kappa shape index (κ2) is 7.81. The third kappa shape index (κ3) is 5.07. The van der Waals surface area contributed by atoms with Crippen molar-refractivity contribution in [3.05, 3.63) is 58.1 Å². The van der Waals surface area contributed by atoms with Crippen molar-refractivity contribution in [2.75, 3.05) is 12.8 Å². The lowest BCUT2D eigenvalue weighted by Gasteiger charge is -2.09. The van der Waals surface area contributed by atoms with Crippen LogP contribution >= 0.6 is 15.9 Å². The van der Waals surface area contributed by atoms with Gasteiger partial charge in [-0.25, -0.2) is 8.42 Å². The number of sulfone groups is 1. The molecule has 128 valence electrons. The number of benzene rings is 2. The van der Waals surface area contributed by atoms with Crippen LogP contribution in [0.3, 0.4) is 0 Å². The topological polar surface area (TPSA) is 83.5 Å². The molecule has 0 aromatic heterocycles. The van der Waals surface area contributed by atoms with E-state index < -0.39 is 9.84 Å². The van der Waals surface area contributed by atoms with Crippen LogP contribution in [0.15, 0.2) is 51.8 Å². The van der Waals surface area contributed by atoms with E-state index in [1.807, 2.05) is 12.1 Å². The Morgan fingerprint density at radius 2 is 1.83 bits per heavy atom. The molecule has 0 fully saturated rings. The number of nitrogens with one attached hydrogen (secondary N) is 1. The van der Waals surface area contributed by atoms with Gasteiger partial charge in [0.25, 0.3) is 5.91 Å². The number of carbonyl (C=O) groups is 1. The molecular weight excluding hydrogens is 394 g/mol. The van der Waals surface area contributed by atoms with Crippen LogP contribution in [-0.2, 0) is 16.3 Å². The zero-order valence-corrected chi connectivity index (χ0v) is 15.5. The molecule has 0 aliphatic heterocycles. The second-order valence-electron chi connectivity index (χ2n) is 5.44. The largest absolute Gasteiger partial charge is 0.508 e. The molecule has 2 N–H and O–H groups in total. The van der Waals surface area contributed by atoms with E-state index in [9.17, 15) is 18.3 Å². The predicted octanol–water partition coefficient (Wildman–Crippen LogP) is 2.92. The number of aryl methyl sites for hydroxylation is 1. The molecule has 0 heterocycles. The Morgan fingerprint density at radius 1 is 1.17 bits per heavy atom. The summed E-state index contributed by atoms with van der Waals surface area (Å²) in [5.41, 5.74) is 1.37.